The van der Waals surface area contributed by atoms with Crippen LogP contribution in [0.25, 0.3) is 22.2 Å². The summed E-state index contributed by atoms with van der Waals surface area (Å²) in [5, 5.41) is 5.22. The summed E-state index contributed by atoms with van der Waals surface area (Å²) in [6.07, 6.45) is 0. The summed E-state index contributed by atoms with van der Waals surface area (Å²) in [5.41, 5.74) is 1.79. The second-order valence-electron chi connectivity index (χ2n) is 3.66. The molecule has 0 aliphatic heterocycles. The number of fused-ring (bicyclic) bond motifs is 1. The standard InChI is InChI=1S/C13H7ClFNO/c14-11-6-2-5-10-12(16-17-13(10)11)8-3-1-4-9(15)7-8/h1-7H. The lowest BCUT2D eigenvalue weighted by Crippen LogP contribution is -1.80. The average molecular weight is 248 g/mol. The second kappa shape index (κ2) is 3.86. The minimum absolute atomic E-state index is 0.305. The van der Waals surface area contributed by atoms with Crippen LogP contribution in [0, 0.1) is 5.82 Å². The van der Waals surface area contributed by atoms with E-state index in [0.717, 1.165) is 5.39 Å². The third-order valence-electron chi connectivity index (χ3n) is 2.55. The van der Waals surface area contributed by atoms with Crippen molar-refractivity contribution < 1.29 is 8.91 Å². The van der Waals surface area contributed by atoms with E-state index in [4.69, 9.17) is 16.1 Å². The molecule has 0 radical (unpaired) electrons. The molecular formula is C13H7ClFNO. The van der Waals surface area contributed by atoms with Gasteiger partial charge in [0.05, 0.1) is 10.4 Å². The van der Waals surface area contributed by atoms with Crippen molar-refractivity contribution >= 4 is 22.6 Å². The molecule has 3 aromatic rings. The third kappa shape index (κ3) is 1.68. The minimum Gasteiger partial charge on any atom is -0.354 e. The number of rotatable bonds is 1. The number of halogens is 2. The second-order valence-corrected chi connectivity index (χ2v) is 4.07. The Labute approximate surface area is 102 Å². The van der Waals surface area contributed by atoms with E-state index >= 15 is 0 Å². The Hall–Kier alpha value is -1.87. The fourth-order valence-electron chi connectivity index (χ4n) is 1.77. The van der Waals surface area contributed by atoms with Gasteiger partial charge in [-0.25, -0.2) is 4.39 Å². The predicted octanol–water partition coefficient (Wildman–Crippen LogP) is 4.29. The third-order valence-corrected chi connectivity index (χ3v) is 2.85. The lowest BCUT2D eigenvalue weighted by molar-refractivity contribution is 0.459. The summed E-state index contributed by atoms with van der Waals surface area (Å²) < 4.78 is 18.3. The molecule has 0 unspecified atom stereocenters. The van der Waals surface area contributed by atoms with E-state index in [2.05, 4.69) is 5.16 Å². The van der Waals surface area contributed by atoms with Crippen LogP contribution in [0.4, 0.5) is 4.39 Å². The van der Waals surface area contributed by atoms with Crippen LogP contribution < -0.4 is 0 Å². The number of hydrogen-bond donors (Lipinski definition) is 0. The molecule has 2 aromatic carbocycles. The molecule has 0 saturated heterocycles. The summed E-state index contributed by atoms with van der Waals surface area (Å²) in [6.45, 7) is 0. The molecule has 3 rings (SSSR count). The van der Waals surface area contributed by atoms with Crippen LogP contribution in [0.2, 0.25) is 5.02 Å². The van der Waals surface area contributed by atoms with E-state index in [1.807, 2.05) is 12.1 Å². The van der Waals surface area contributed by atoms with Gasteiger partial charge >= 0.3 is 0 Å². The number of para-hydroxylation sites is 1. The molecule has 0 N–H and O–H groups in total. The number of benzene rings is 2. The molecule has 0 amide bonds. The lowest BCUT2D eigenvalue weighted by atomic mass is 10.1. The fourth-order valence-corrected chi connectivity index (χ4v) is 1.98. The SMILES string of the molecule is Fc1cccc(-c2noc3c(Cl)cccc23)c1. The Bertz CT molecular complexity index is 693. The van der Waals surface area contributed by atoms with Crippen molar-refractivity contribution in [3.8, 4) is 11.3 Å². The molecule has 84 valence electrons. The highest BCUT2D eigenvalue weighted by molar-refractivity contribution is 6.35. The Kier molecular flexibility index (Phi) is 2.34. The van der Waals surface area contributed by atoms with Gasteiger partial charge in [-0.15, -0.1) is 0 Å². The van der Waals surface area contributed by atoms with Crippen LogP contribution in [0.1, 0.15) is 0 Å². The summed E-state index contributed by atoms with van der Waals surface area (Å²) in [7, 11) is 0. The Morgan fingerprint density at radius 2 is 1.94 bits per heavy atom. The fraction of sp³-hybridized carbons (Fsp3) is 0. The van der Waals surface area contributed by atoms with Gasteiger partial charge in [-0.05, 0) is 24.3 Å². The maximum absolute atomic E-state index is 13.2. The smallest absolute Gasteiger partial charge is 0.186 e. The maximum atomic E-state index is 13.2. The summed E-state index contributed by atoms with van der Waals surface area (Å²) in [5.74, 6) is -0.305. The molecule has 0 aliphatic rings. The van der Waals surface area contributed by atoms with Crippen LogP contribution in [0.15, 0.2) is 47.0 Å². The van der Waals surface area contributed by atoms with E-state index in [-0.39, 0.29) is 5.82 Å². The van der Waals surface area contributed by atoms with Gasteiger partial charge in [-0.3, -0.25) is 0 Å². The van der Waals surface area contributed by atoms with Crippen LogP contribution in [-0.2, 0) is 0 Å². The van der Waals surface area contributed by atoms with Gasteiger partial charge in [-0.1, -0.05) is 35.0 Å². The Morgan fingerprint density at radius 1 is 1.12 bits per heavy atom. The average Bonchev–Trinajstić information content (AvgIpc) is 2.74. The molecule has 4 heteroatoms. The molecule has 1 heterocycles. The predicted molar refractivity (Wildman–Crippen MR) is 64.4 cm³/mol. The van der Waals surface area contributed by atoms with Crippen molar-refractivity contribution in [2.45, 2.75) is 0 Å². The molecule has 0 spiro atoms. The van der Waals surface area contributed by atoms with Gasteiger partial charge in [0.25, 0.3) is 0 Å². The van der Waals surface area contributed by atoms with Crippen LogP contribution in [0.5, 0.6) is 0 Å². The lowest BCUT2D eigenvalue weighted by Gasteiger charge is -1.96. The van der Waals surface area contributed by atoms with Crippen molar-refractivity contribution in [3.63, 3.8) is 0 Å². The molecule has 0 fully saturated rings. The number of nitrogens with zero attached hydrogens (tertiary/aromatic N) is 1. The molecule has 0 bridgehead atoms. The molecule has 0 aliphatic carbocycles. The first-order valence-electron chi connectivity index (χ1n) is 5.05. The molecule has 17 heavy (non-hydrogen) atoms. The van der Waals surface area contributed by atoms with E-state index in [9.17, 15) is 4.39 Å². The van der Waals surface area contributed by atoms with Crippen molar-refractivity contribution in [2.24, 2.45) is 0 Å². The van der Waals surface area contributed by atoms with Gasteiger partial charge in [-0.2, -0.15) is 0 Å². The zero-order chi connectivity index (χ0) is 11.8. The molecule has 2 nitrogen and oxygen atoms in total. The first kappa shape index (κ1) is 10.3. The zero-order valence-corrected chi connectivity index (χ0v) is 9.41. The zero-order valence-electron chi connectivity index (χ0n) is 8.65. The maximum Gasteiger partial charge on any atom is 0.186 e. The summed E-state index contributed by atoms with van der Waals surface area (Å²) >= 11 is 5.98. The van der Waals surface area contributed by atoms with Crippen molar-refractivity contribution in [2.75, 3.05) is 0 Å². The van der Waals surface area contributed by atoms with Crippen molar-refractivity contribution in [1.82, 2.24) is 5.16 Å². The van der Waals surface area contributed by atoms with Crippen LogP contribution in [-0.4, -0.2) is 5.16 Å². The van der Waals surface area contributed by atoms with Crippen molar-refractivity contribution in [3.05, 3.63) is 53.3 Å². The van der Waals surface area contributed by atoms with Gasteiger partial charge in [0.2, 0.25) is 0 Å². The Balaban J connectivity index is 2.28. The van der Waals surface area contributed by atoms with Gasteiger partial charge in [0, 0.05) is 5.56 Å². The normalized spacial score (nSPS) is 10.9. The quantitative estimate of drug-likeness (QED) is 0.641. The monoisotopic (exact) mass is 247 g/mol. The van der Waals surface area contributed by atoms with Gasteiger partial charge in [0.1, 0.15) is 11.5 Å². The van der Waals surface area contributed by atoms with Crippen LogP contribution >= 0.6 is 11.6 Å². The summed E-state index contributed by atoms with van der Waals surface area (Å²) in [6, 6.07) is 11.6. The first-order chi connectivity index (χ1) is 8.25. The highest BCUT2D eigenvalue weighted by Crippen LogP contribution is 2.31. The summed E-state index contributed by atoms with van der Waals surface area (Å²) in [4.78, 5) is 0. The molecule has 0 saturated carbocycles. The van der Waals surface area contributed by atoms with Gasteiger partial charge in [0.15, 0.2) is 5.58 Å². The van der Waals surface area contributed by atoms with E-state index < -0.39 is 0 Å². The first-order valence-corrected chi connectivity index (χ1v) is 5.43. The highest BCUT2D eigenvalue weighted by Gasteiger charge is 2.12. The minimum atomic E-state index is -0.305. The topological polar surface area (TPSA) is 26.0 Å². The van der Waals surface area contributed by atoms with E-state index in [1.54, 1.807) is 18.2 Å². The highest BCUT2D eigenvalue weighted by atomic mass is 35.5. The Morgan fingerprint density at radius 3 is 2.76 bits per heavy atom. The number of aromatic nitrogens is 1. The van der Waals surface area contributed by atoms with E-state index in [1.165, 1.54) is 12.1 Å². The van der Waals surface area contributed by atoms with Crippen LogP contribution in [0.3, 0.4) is 0 Å². The molecule has 1 aromatic heterocycles. The molecular weight excluding hydrogens is 241 g/mol. The van der Waals surface area contributed by atoms with E-state index in [0.29, 0.717) is 21.9 Å². The van der Waals surface area contributed by atoms with Gasteiger partial charge < -0.3 is 4.52 Å². The number of hydrogen-bond acceptors (Lipinski definition) is 2. The molecule has 0 atom stereocenters. The van der Waals surface area contributed by atoms with Crippen molar-refractivity contribution in [1.29, 1.82) is 0 Å². The largest absolute Gasteiger partial charge is 0.354 e.